The minimum atomic E-state index is -3.60. The van der Waals surface area contributed by atoms with Gasteiger partial charge in [0.2, 0.25) is 15.9 Å². The molecule has 8 heteroatoms. The molecule has 2 aromatic rings. The number of carbonyl (C=O) groups excluding carboxylic acids is 1. The molecule has 0 saturated carbocycles. The van der Waals surface area contributed by atoms with Crippen LogP contribution in [0.25, 0.3) is 0 Å². The van der Waals surface area contributed by atoms with Crippen LogP contribution < -0.4 is 10.0 Å². The largest absolute Gasteiger partial charge is 0.351 e. The van der Waals surface area contributed by atoms with E-state index < -0.39 is 10.0 Å². The first-order valence-electron chi connectivity index (χ1n) is 6.45. The molecule has 0 spiro atoms. The van der Waals surface area contributed by atoms with Crippen LogP contribution in [0.3, 0.4) is 0 Å². The van der Waals surface area contributed by atoms with E-state index in [9.17, 15) is 13.2 Å². The maximum atomic E-state index is 12.2. The van der Waals surface area contributed by atoms with Crippen LogP contribution in [0, 0.1) is 0 Å². The highest BCUT2D eigenvalue weighted by Gasteiger charge is 2.17. The molecule has 118 valence electrons. The molecule has 0 aliphatic carbocycles. The van der Waals surface area contributed by atoms with Crippen molar-refractivity contribution in [3.8, 4) is 0 Å². The van der Waals surface area contributed by atoms with Crippen LogP contribution in [-0.4, -0.2) is 14.3 Å². The first kappa shape index (κ1) is 17.0. The second-order valence-corrected chi connectivity index (χ2v) is 8.12. The normalized spacial score (nSPS) is 11.4. The molecule has 0 aliphatic rings. The topological polar surface area (TPSA) is 75.3 Å². The van der Waals surface area contributed by atoms with Gasteiger partial charge in [0.1, 0.15) is 4.21 Å². The molecule has 0 fully saturated rings. The van der Waals surface area contributed by atoms with Crippen molar-refractivity contribution in [1.82, 2.24) is 10.0 Å². The molecule has 2 N–H and O–H groups in total. The van der Waals surface area contributed by atoms with Gasteiger partial charge in [-0.3, -0.25) is 4.79 Å². The molecule has 0 bridgehead atoms. The minimum Gasteiger partial charge on any atom is -0.351 e. The third-order valence-corrected chi connectivity index (χ3v) is 6.17. The van der Waals surface area contributed by atoms with E-state index in [4.69, 9.17) is 11.6 Å². The van der Waals surface area contributed by atoms with Crippen molar-refractivity contribution < 1.29 is 13.2 Å². The van der Waals surface area contributed by atoms with Crippen molar-refractivity contribution in [2.45, 2.75) is 24.2 Å². The lowest BCUT2D eigenvalue weighted by Gasteiger charge is -2.06. The van der Waals surface area contributed by atoms with Crippen molar-refractivity contribution in [3.63, 3.8) is 0 Å². The number of amides is 1. The third-order valence-electron chi connectivity index (χ3n) is 2.82. The van der Waals surface area contributed by atoms with E-state index in [-0.39, 0.29) is 16.7 Å². The summed E-state index contributed by atoms with van der Waals surface area (Å²) in [5.41, 5.74) is 0.711. The number of halogens is 1. The van der Waals surface area contributed by atoms with Crippen molar-refractivity contribution in [2.75, 3.05) is 0 Å². The smallest absolute Gasteiger partial charge is 0.250 e. The van der Waals surface area contributed by atoms with Crippen LogP contribution in [0.15, 0.2) is 40.6 Å². The summed E-state index contributed by atoms with van der Waals surface area (Å²) in [6, 6.07) is 10.3. The zero-order valence-corrected chi connectivity index (χ0v) is 14.2. The number of nitrogens with one attached hydrogen (secondary N) is 2. The number of thiophene rings is 1. The molecule has 1 aromatic heterocycles. The standard InChI is InChI=1S/C14H15ClN2O3S2/c1-10(18)16-9-12-6-7-14(21-12)22(19,20)17-8-11-4-2-3-5-13(11)15/h2-7,17H,8-9H2,1H3,(H,16,18). The first-order chi connectivity index (χ1) is 10.4. The molecule has 1 aromatic carbocycles. The zero-order valence-electron chi connectivity index (χ0n) is 11.8. The number of hydrogen-bond donors (Lipinski definition) is 2. The Morgan fingerprint density at radius 2 is 1.91 bits per heavy atom. The highest BCUT2D eigenvalue weighted by molar-refractivity contribution is 7.91. The fourth-order valence-electron chi connectivity index (χ4n) is 1.69. The van der Waals surface area contributed by atoms with Gasteiger partial charge in [0.25, 0.3) is 0 Å². The molecular formula is C14H15ClN2O3S2. The second kappa shape index (κ2) is 7.23. The van der Waals surface area contributed by atoms with Crippen LogP contribution in [0.5, 0.6) is 0 Å². The molecule has 5 nitrogen and oxygen atoms in total. The van der Waals surface area contributed by atoms with Crippen LogP contribution in [0.4, 0.5) is 0 Å². The summed E-state index contributed by atoms with van der Waals surface area (Å²) in [6.45, 7) is 1.86. The van der Waals surface area contributed by atoms with Gasteiger partial charge >= 0.3 is 0 Å². The van der Waals surface area contributed by atoms with E-state index in [0.717, 1.165) is 16.2 Å². The fraction of sp³-hybridized carbons (Fsp3) is 0.214. The lowest BCUT2D eigenvalue weighted by atomic mass is 10.2. The van der Waals surface area contributed by atoms with Crippen molar-refractivity contribution in [2.24, 2.45) is 0 Å². The fourth-order valence-corrected chi connectivity index (χ4v) is 4.24. The van der Waals surface area contributed by atoms with Crippen LogP contribution in [0.1, 0.15) is 17.4 Å². The van der Waals surface area contributed by atoms with Gasteiger partial charge in [-0.05, 0) is 23.8 Å². The van der Waals surface area contributed by atoms with Gasteiger partial charge in [-0.15, -0.1) is 11.3 Å². The minimum absolute atomic E-state index is 0.126. The molecule has 2 rings (SSSR count). The summed E-state index contributed by atoms with van der Waals surface area (Å²) in [5, 5.41) is 3.15. The predicted octanol–water partition coefficient (Wildman–Crippen LogP) is 2.52. The zero-order chi connectivity index (χ0) is 16.2. The Kier molecular flexibility index (Phi) is 5.57. The number of rotatable bonds is 6. The molecular weight excluding hydrogens is 344 g/mol. The Hall–Kier alpha value is -1.41. The molecule has 0 saturated heterocycles. The SMILES string of the molecule is CC(=O)NCc1ccc(S(=O)(=O)NCc2ccccc2Cl)s1. The number of hydrogen-bond acceptors (Lipinski definition) is 4. The lowest BCUT2D eigenvalue weighted by Crippen LogP contribution is -2.22. The predicted molar refractivity (Wildman–Crippen MR) is 87.3 cm³/mol. The van der Waals surface area contributed by atoms with Crippen molar-refractivity contribution >= 4 is 38.9 Å². The summed E-state index contributed by atoms with van der Waals surface area (Å²) >= 11 is 7.12. The Balaban J connectivity index is 2.04. The second-order valence-electron chi connectivity index (χ2n) is 4.55. The summed E-state index contributed by atoms with van der Waals surface area (Å²) in [6.07, 6.45) is 0. The van der Waals surface area contributed by atoms with Gasteiger partial charge < -0.3 is 5.32 Å². The monoisotopic (exact) mass is 358 g/mol. The Bertz CT molecular complexity index is 772. The van der Waals surface area contributed by atoms with E-state index in [1.807, 2.05) is 0 Å². The number of carbonyl (C=O) groups is 1. The molecule has 1 amide bonds. The lowest BCUT2D eigenvalue weighted by molar-refractivity contribution is -0.119. The Morgan fingerprint density at radius 1 is 1.18 bits per heavy atom. The first-order valence-corrected chi connectivity index (χ1v) is 9.12. The van der Waals surface area contributed by atoms with E-state index in [1.165, 1.54) is 13.0 Å². The summed E-state index contributed by atoms with van der Waals surface area (Å²) in [7, 11) is -3.60. The van der Waals surface area contributed by atoms with Gasteiger partial charge in [-0.2, -0.15) is 0 Å². The molecule has 0 atom stereocenters. The van der Waals surface area contributed by atoms with Crippen molar-refractivity contribution in [1.29, 1.82) is 0 Å². The van der Waals surface area contributed by atoms with Gasteiger partial charge in [0, 0.05) is 23.4 Å². The van der Waals surface area contributed by atoms with Crippen molar-refractivity contribution in [3.05, 3.63) is 51.9 Å². The molecule has 0 radical (unpaired) electrons. The van der Waals surface area contributed by atoms with Crippen LogP contribution >= 0.6 is 22.9 Å². The van der Waals surface area contributed by atoms with Gasteiger partial charge in [0.15, 0.2) is 0 Å². The van der Waals surface area contributed by atoms with Crippen LogP contribution in [-0.2, 0) is 27.9 Å². The average molecular weight is 359 g/mol. The highest BCUT2D eigenvalue weighted by Crippen LogP contribution is 2.22. The van der Waals surface area contributed by atoms with Gasteiger partial charge in [-0.1, -0.05) is 29.8 Å². The molecule has 0 aliphatic heterocycles. The maximum absolute atomic E-state index is 12.2. The van der Waals surface area contributed by atoms with E-state index in [1.54, 1.807) is 30.3 Å². The average Bonchev–Trinajstić information content (AvgIpc) is 2.94. The molecule has 1 heterocycles. The van der Waals surface area contributed by atoms with E-state index >= 15 is 0 Å². The van der Waals surface area contributed by atoms with Gasteiger partial charge in [-0.25, -0.2) is 13.1 Å². The molecule has 22 heavy (non-hydrogen) atoms. The third kappa shape index (κ3) is 4.54. The summed E-state index contributed by atoms with van der Waals surface area (Å²) in [5.74, 6) is -0.158. The number of sulfonamides is 1. The summed E-state index contributed by atoms with van der Waals surface area (Å²) < 4.78 is 27.2. The number of benzene rings is 1. The van der Waals surface area contributed by atoms with E-state index in [2.05, 4.69) is 10.0 Å². The molecule has 0 unspecified atom stereocenters. The Morgan fingerprint density at radius 3 is 2.59 bits per heavy atom. The quantitative estimate of drug-likeness (QED) is 0.833. The maximum Gasteiger partial charge on any atom is 0.250 e. The van der Waals surface area contributed by atoms with Gasteiger partial charge in [0.05, 0.1) is 6.54 Å². The summed E-state index contributed by atoms with van der Waals surface area (Å²) in [4.78, 5) is 11.6. The highest BCUT2D eigenvalue weighted by atomic mass is 35.5. The van der Waals surface area contributed by atoms with E-state index in [0.29, 0.717) is 17.1 Å². The Labute approximate surface area is 138 Å². The van der Waals surface area contributed by atoms with Crippen LogP contribution in [0.2, 0.25) is 5.02 Å².